The van der Waals surface area contributed by atoms with E-state index in [1.54, 1.807) is 6.20 Å². The molecule has 1 fully saturated rings. The van der Waals surface area contributed by atoms with Crippen molar-refractivity contribution < 1.29 is 13.2 Å². The fraction of sp³-hybridized carbons (Fsp3) is 0.733. The van der Waals surface area contributed by atoms with Crippen molar-refractivity contribution in [3.63, 3.8) is 0 Å². The van der Waals surface area contributed by atoms with Gasteiger partial charge in [-0.15, -0.1) is 0 Å². The number of nitrogens with one attached hydrogen (secondary N) is 2. The summed E-state index contributed by atoms with van der Waals surface area (Å²) in [4.78, 5) is 12.4. The summed E-state index contributed by atoms with van der Waals surface area (Å²) in [5.41, 5.74) is 1.68. The molecule has 3 rings (SSSR count). The number of fused-ring (bicyclic) bond motifs is 1. The molecule has 0 saturated heterocycles. The Balaban J connectivity index is 1.59. The molecule has 1 aliphatic heterocycles. The number of aromatic nitrogens is 2. The molecule has 2 heterocycles. The molecule has 2 atom stereocenters. The Bertz CT molecular complexity index is 683. The van der Waals surface area contributed by atoms with Gasteiger partial charge in [-0.1, -0.05) is 6.42 Å². The van der Waals surface area contributed by atoms with Crippen LogP contribution in [0.25, 0.3) is 0 Å². The molecular formula is C15H24N4O3S. The molecule has 1 aromatic heterocycles. The second-order valence-corrected chi connectivity index (χ2v) is 8.36. The third-order valence-electron chi connectivity index (χ3n) is 4.78. The van der Waals surface area contributed by atoms with Crippen molar-refractivity contribution in [3.05, 3.63) is 17.5 Å². The highest BCUT2D eigenvalue weighted by Gasteiger charge is 2.30. The number of amides is 1. The number of rotatable bonds is 5. The van der Waals surface area contributed by atoms with Crippen molar-refractivity contribution in [2.24, 2.45) is 5.92 Å². The van der Waals surface area contributed by atoms with Crippen LogP contribution in [-0.4, -0.2) is 42.9 Å². The summed E-state index contributed by atoms with van der Waals surface area (Å²) in [5, 5.41) is 7.25. The highest BCUT2D eigenvalue weighted by molar-refractivity contribution is 7.88. The molecule has 1 saturated carbocycles. The van der Waals surface area contributed by atoms with Crippen LogP contribution < -0.4 is 10.0 Å². The highest BCUT2D eigenvalue weighted by atomic mass is 32.2. The third kappa shape index (κ3) is 3.92. The molecule has 0 bridgehead atoms. The van der Waals surface area contributed by atoms with E-state index in [1.165, 1.54) is 6.26 Å². The third-order valence-corrected chi connectivity index (χ3v) is 5.51. The van der Waals surface area contributed by atoms with Crippen LogP contribution in [0.1, 0.15) is 48.2 Å². The summed E-state index contributed by atoms with van der Waals surface area (Å²) in [7, 11) is -3.21. The number of nitrogens with zero attached hydrogens (tertiary/aromatic N) is 2. The molecule has 2 aliphatic rings. The Morgan fingerprint density at radius 3 is 2.96 bits per heavy atom. The lowest BCUT2D eigenvalue weighted by Gasteiger charge is -2.20. The highest BCUT2D eigenvalue weighted by Crippen LogP contribution is 2.26. The number of carbonyl (C=O) groups excluding carboxylic acids is 1. The van der Waals surface area contributed by atoms with E-state index in [9.17, 15) is 13.2 Å². The summed E-state index contributed by atoms with van der Waals surface area (Å²) < 4.78 is 27.4. The van der Waals surface area contributed by atoms with Crippen LogP contribution in [-0.2, 0) is 23.0 Å². The van der Waals surface area contributed by atoms with Crippen LogP contribution in [0.3, 0.4) is 0 Å². The topological polar surface area (TPSA) is 93.1 Å². The van der Waals surface area contributed by atoms with Gasteiger partial charge in [-0.3, -0.25) is 9.48 Å². The molecule has 0 unspecified atom stereocenters. The van der Waals surface area contributed by atoms with Gasteiger partial charge in [-0.25, -0.2) is 13.1 Å². The first-order valence-electron chi connectivity index (χ1n) is 8.24. The Hall–Kier alpha value is -1.41. The zero-order chi connectivity index (χ0) is 16.4. The van der Waals surface area contributed by atoms with Gasteiger partial charge >= 0.3 is 0 Å². The molecule has 8 heteroatoms. The molecule has 2 N–H and O–H groups in total. The van der Waals surface area contributed by atoms with E-state index >= 15 is 0 Å². The Kier molecular flexibility index (Phi) is 4.72. The predicted molar refractivity (Wildman–Crippen MR) is 86.6 cm³/mol. The summed E-state index contributed by atoms with van der Waals surface area (Å²) in [6, 6.07) is -0.0774. The molecule has 0 radical (unpaired) electrons. The quantitative estimate of drug-likeness (QED) is 0.824. The van der Waals surface area contributed by atoms with Crippen molar-refractivity contribution in [2.75, 3.05) is 12.8 Å². The Labute approximate surface area is 136 Å². The lowest BCUT2D eigenvalue weighted by molar-refractivity contribution is 0.0944. The predicted octanol–water partition coefficient (Wildman–Crippen LogP) is 0.667. The first kappa shape index (κ1) is 16.4. The van der Waals surface area contributed by atoms with Crippen LogP contribution in [0.4, 0.5) is 0 Å². The fourth-order valence-electron chi connectivity index (χ4n) is 3.64. The summed E-state index contributed by atoms with van der Waals surface area (Å²) >= 11 is 0. The molecule has 128 valence electrons. The second-order valence-electron chi connectivity index (χ2n) is 6.58. The normalized spacial score (nSPS) is 24.4. The van der Waals surface area contributed by atoms with Crippen LogP contribution in [0.2, 0.25) is 0 Å². The number of hydrogen-bond acceptors (Lipinski definition) is 4. The number of sulfonamides is 1. The van der Waals surface area contributed by atoms with E-state index in [1.807, 2.05) is 4.68 Å². The van der Waals surface area contributed by atoms with Gasteiger partial charge < -0.3 is 5.32 Å². The van der Waals surface area contributed by atoms with E-state index < -0.39 is 10.0 Å². The van der Waals surface area contributed by atoms with Gasteiger partial charge in [0.05, 0.1) is 23.7 Å². The fourth-order valence-corrected chi connectivity index (χ4v) is 4.50. The summed E-state index contributed by atoms with van der Waals surface area (Å²) in [6.45, 7) is 1.38. The monoisotopic (exact) mass is 340 g/mol. The van der Waals surface area contributed by atoms with Gasteiger partial charge in [-0.2, -0.15) is 5.10 Å². The zero-order valence-electron chi connectivity index (χ0n) is 13.4. The summed E-state index contributed by atoms with van der Waals surface area (Å²) in [6.07, 6.45) is 8.67. The average molecular weight is 340 g/mol. The van der Waals surface area contributed by atoms with E-state index in [-0.39, 0.29) is 17.9 Å². The SMILES string of the molecule is CS(=O)(=O)N[C@H]1CCC[C@@H]1CNC(=O)c1cnn2c1CCCC2. The largest absolute Gasteiger partial charge is 0.352 e. The summed E-state index contributed by atoms with van der Waals surface area (Å²) in [5.74, 6) is 0.0539. The van der Waals surface area contributed by atoms with Gasteiger partial charge in [0.1, 0.15) is 0 Å². The molecule has 7 nitrogen and oxygen atoms in total. The van der Waals surface area contributed by atoms with E-state index in [2.05, 4.69) is 15.1 Å². The van der Waals surface area contributed by atoms with Gasteiger partial charge in [0, 0.05) is 19.1 Å². The number of hydrogen-bond donors (Lipinski definition) is 2. The standard InChI is InChI=1S/C15H24N4O3S/c1-23(21,22)18-13-6-4-5-11(13)9-16-15(20)12-10-17-19-8-3-2-7-14(12)19/h10-11,13,18H,2-9H2,1H3,(H,16,20)/t11-,13+/m1/s1. The first-order chi connectivity index (χ1) is 10.9. The lowest BCUT2D eigenvalue weighted by atomic mass is 10.0. The van der Waals surface area contributed by atoms with Crippen LogP contribution in [0.15, 0.2) is 6.20 Å². The van der Waals surface area contributed by atoms with E-state index in [0.29, 0.717) is 12.1 Å². The second kappa shape index (κ2) is 6.60. The minimum Gasteiger partial charge on any atom is -0.352 e. The lowest BCUT2D eigenvalue weighted by Crippen LogP contribution is -2.41. The first-order valence-corrected chi connectivity index (χ1v) is 10.1. The van der Waals surface area contributed by atoms with E-state index in [4.69, 9.17) is 0 Å². The minimum atomic E-state index is -3.21. The van der Waals surface area contributed by atoms with Crippen molar-refractivity contribution in [1.82, 2.24) is 19.8 Å². The molecule has 1 aliphatic carbocycles. The van der Waals surface area contributed by atoms with E-state index in [0.717, 1.165) is 50.8 Å². The van der Waals surface area contributed by atoms with Crippen LogP contribution in [0, 0.1) is 5.92 Å². The Morgan fingerprint density at radius 2 is 2.17 bits per heavy atom. The molecule has 0 aromatic carbocycles. The molecule has 0 spiro atoms. The van der Waals surface area contributed by atoms with Gasteiger partial charge in [0.15, 0.2) is 0 Å². The molecule has 1 aromatic rings. The maximum absolute atomic E-state index is 12.4. The molecule has 1 amide bonds. The number of carbonyl (C=O) groups is 1. The Morgan fingerprint density at radius 1 is 1.35 bits per heavy atom. The maximum atomic E-state index is 12.4. The molecule has 23 heavy (non-hydrogen) atoms. The number of aryl methyl sites for hydroxylation is 1. The van der Waals surface area contributed by atoms with Gasteiger partial charge in [-0.05, 0) is 38.0 Å². The maximum Gasteiger partial charge on any atom is 0.254 e. The smallest absolute Gasteiger partial charge is 0.254 e. The molecular weight excluding hydrogens is 316 g/mol. The van der Waals surface area contributed by atoms with Crippen LogP contribution in [0.5, 0.6) is 0 Å². The van der Waals surface area contributed by atoms with Gasteiger partial charge in [0.2, 0.25) is 10.0 Å². The van der Waals surface area contributed by atoms with Crippen molar-refractivity contribution >= 4 is 15.9 Å². The van der Waals surface area contributed by atoms with Crippen molar-refractivity contribution in [1.29, 1.82) is 0 Å². The average Bonchev–Trinajstić information content (AvgIpc) is 3.09. The minimum absolute atomic E-state index is 0.0774. The van der Waals surface area contributed by atoms with Crippen molar-refractivity contribution in [3.8, 4) is 0 Å². The van der Waals surface area contributed by atoms with Gasteiger partial charge in [0.25, 0.3) is 5.91 Å². The van der Waals surface area contributed by atoms with Crippen LogP contribution >= 0.6 is 0 Å². The zero-order valence-corrected chi connectivity index (χ0v) is 14.2. The van der Waals surface area contributed by atoms with Crippen molar-refractivity contribution in [2.45, 2.75) is 51.1 Å².